The van der Waals surface area contributed by atoms with Crippen molar-refractivity contribution >= 4 is 28.9 Å². The molecule has 2 bridgehead atoms. The number of ether oxygens (including phenoxy) is 2. The second-order valence-electron chi connectivity index (χ2n) is 10.0. The summed E-state index contributed by atoms with van der Waals surface area (Å²) in [4.78, 5) is 21.5. The fraction of sp³-hybridized carbons (Fsp3) is 0.379. The predicted octanol–water partition coefficient (Wildman–Crippen LogP) is 3.95. The van der Waals surface area contributed by atoms with Crippen molar-refractivity contribution in [2.75, 3.05) is 20.3 Å². The predicted molar refractivity (Wildman–Crippen MR) is 149 cm³/mol. The Morgan fingerprint density at radius 3 is 2.73 bits per heavy atom. The number of fused-ring (bicyclic) bond motifs is 4. The number of carbonyl (C=O) groups is 1. The largest absolute Gasteiger partial charge is 0.510 e. The number of amides is 1. The lowest BCUT2D eigenvalue weighted by molar-refractivity contribution is 0.0860. The highest BCUT2D eigenvalue weighted by Crippen LogP contribution is 2.27. The summed E-state index contributed by atoms with van der Waals surface area (Å²) in [6.45, 7) is 0.599. The van der Waals surface area contributed by atoms with Crippen LogP contribution >= 0.6 is 0 Å². The molecule has 0 spiro atoms. The van der Waals surface area contributed by atoms with Crippen molar-refractivity contribution in [1.29, 1.82) is 5.41 Å². The highest BCUT2D eigenvalue weighted by Gasteiger charge is 2.31. The van der Waals surface area contributed by atoms with E-state index in [2.05, 4.69) is 20.5 Å². The number of aliphatic hydroxyl groups is 1. The molecular weight excluding hydrogens is 515 g/mol. The van der Waals surface area contributed by atoms with Gasteiger partial charge in [-0.25, -0.2) is 4.39 Å². The summed E-state index contributed by atoms with van der Waals surface area (Å²) in [6, 6.07) is 11.0. The molecule has 208 valence electrons. The number of aliphatic imine (C=N–C) groups is 1. The van der Waals surface area contributed by atoms with Crippen molar-refractivity contribution in [2.45, 2.75) is 44.5 Å². The van der Waals surface area contributed by atoms with E-state index < -0.39 is 6.17 Å². The van der Waals surface area contributed by atoms with Gasteiger partial charge in [-0.1, -0.05) is 18.2 Å². The molecule has 11 heteroatoms. The Labute approximate surface area is 231 Å². The molecule has 2 aromatic rings. The third-order valence-corrected chi connectivity index (χ3v) is 7.04. The molecule has 3 heterocycles. The number of carbonyl (C=O) groups excluding carboxylic acids is 1. The summed E-state index contributed by atoms with van der Waals surface area (Å²) in [5, 5.41) is 30.0. The molecule has 1 unspecified atom stereocenters. The van der Waals surface area contributed by atoms with Gasteiger partial charge >= 0.3 is 0 Å². The van der Waals surface area contributed by atoms with E-state index in [1.165, 1.54) is 19.4 Å². The number of pyridine rings is 1. The Bertz CT molecular complexity index is 1400. The number of methoxy groups -OCH3 is 1. The lowest BCUT2D eigenvalue weighted by Crippen LogP contribution is -2.45. The number of hydrogen-bond acceptors (Lipinski definition) is 9. The molecule has 1 aliphatic carbocycles. The molecule has 2 aliphatic heterocycles. The second kappa shape index (κ2) is 12.3. The van der Waals surface area contributed by atoms with Gasteiger partial charge in [-0.2, -0.15) is 10.2 Å². The Kier molecular flexibility index (Phi) is 8.40. The van der Waals surface area contributed by atoms with Crippen LogP contribution in [0.25, 0.3) is 0 Å². The summed E-state index contributed by atoms with van der Waals surface area (Å²) in [7, 11) is 1.47. The van der Waals surface area contributed by atoms with E-state index in [4.69, 9.17) is 19.9 Å². The number of allylic oxidation sites excluding steroid dienone is 1. The zero-order valence-corrected chi connectivity index (χ0v) is 22.1. The summed E-state index contributed by atoms with van der Waals surface area (Å²) in [6.07, 6.45) is 3.91. The van der Waals surface area contributed by atoms with Gasteiger partial charge in [-0.15, -0.1) is 0 Å². The molecule has 5 rings (SSSR count). The van der Waals surface area contributed by atoms with Crippen LogP contribution in [0, 0.1) is 11.3 Å². The number of halogens is 1. The van der Waals surface area contributed by atoms with E-state index in [1.807, 2.05) is 24.3 Å². The van der Waals surface area contributed by atoms with Crippen molar-refractivity contribution in [1.82, 2.24) is 10.3 Å². The highest BCUT2D eigenvalue weighted by atomic mass is 19.1. The normalized spacial score (nSPS) is 23.5. The third kappa shape index (κ3) is 6.31. The lowest BCUT2D eigenvalue weighted by Gasteiger charge is -2.30. The lowest BCUT2D eigenvalue weighted by atomic mass is 9.87. The number of alkyl halides is 1. The van der Waals surface area contributed by atoms with Crippen LogP contribution < -0.4 is 5.32 Å². The molecule has 40 heavy (non-hydrogen) atoms. The Balaban J connectivity index is 1.30. The minimum atomic E-state index is -0.832. The van der Waals surface area contributed by atoms with Gasteiger partial charge in [0, 0.05) is 55.4 Å². The van der Waals surface area contributed by atoms with Crippen molar-refractivity contribution in [3.8, 4) is 0 Å². The first-order chi connectivity index (χ1) is 19.4. The minimum absolute atomic E-state index is 0.0132. The van der Waals surface area contributed by atoms with Gasteiger partial charge in [0.25, 0.3) is 5.91 Å². The SMILES string of the molecule is COC/C(O)=C/C(=N)C1=NN=C2CC1CC/N=C(/OCc1ccc(C(=O)NC3CC(F)C3)cn1)c1ccccc12. The second-order valence-corrected chi connectivity index (χ2v) is 10.0. The van der Waals surface area contributed by atoms with Crippen molar-refractivity contribution in [2.24, 2.45) is 21.1 Å². The molecule has 1 atom stereocenters. The van der Waals surface area contributed by atoms with Crippen molar-refractivity contribution in [3.05, 3.63) is 76.8 Å². The van der Waals surface area contributed by atoms with Crippen LogP contribution in [0.4, 0.5) is 4.39 Å². The molecule has 3 aliphatic rings. The van der Waals surface area contributed by atoms with Crippen LogP contribution in [0.5, 0.6) is 0 Å². The van der Waals surface area contributed by atoms with Gasteiger partial charge in [0.1, 0.15) is 25.1 Å². The van der Waals surface area contributed by atoms with Gasteiger partial charge < -0.3 is 19.9 Å². The first-order valence-corrected chi connectivity index (χ1v) is 13.2. The third-order valence-electron chi connectivity index (χ3n) is 7.04. The molecule has 3 N–H and O–H groups in total. The number of aromatic nitrogens is 1. The molecule has 10 nitrogen and oxygen atoms in total. The van der Waals surface area contributed by atoms with Gasteiger partial charge in [0.15, 0.2) is 0 Å². The molecule has 1 amide bonds. The van der Waals surface area contributed by atoms with E-state index >= 15 is 0 Å². The number of nitrogens with one attached hydrogen (secondary N) is 2. The van der Waals surface area contributed by atoms with E-state index in [9.17, 15) is 14.3 Å². The maximum atomic E-state index is 13.0. The van der Waals surface area contributed by atoms with E-state index in [1.54, 1.807) is 12.1 Å². The quantitative estimate of drug-likeness (QED) is 0.340. The molecule has 1 fully saturated rings. The van der Waals surface area contributed by atoms with Crippen LogP contribution in [-0.4, -0.2) is 71.5 Å². The van der Waals surface area contributed by atoms with E-state index in [0.29, 0.717) is 55.1 Å². The summed E-state index contributed by atoms with van der Waals surface area (Å²) >= 11 is 0. The number of aliphatic hydroxyl groups excluding tert-OH is 1. The van der Waals surface area contributed by atoms with Crippen molar-refractivity contribution in [3.63, 3.8) is 0 Å². The molecular formula is C29H31FN6O4. The summed E-state index contributed by atoms with van der Waals surface area (Å²) < 4.78 is 24.1. The smallest absolute Gasteiger partial charge is 0.253 e. The van der Waals surface area contributed by atoms with Gasteiger partial charge in [-0.05, 0) is 37.5 Å². The first kappa shape index (κ1) is 27.3. The fourth-order valence-electron chi connectivity index (χ4n) is 4.85. The van der Waals surface area contributed by atoms with Gasteiger partial charge in [0.2, 0.25) is 5.90 Å². The number of hydrogen-bond donors (Lipinski definition) is 3. The Morgan fingerprint density at radius 2 is 2.00 bits per heavy atom. The molecule has 1 aromatic heterocycles. The van der Waals surface area contributed by atoms with Crippen LogP contribution in [0.1, 0.15) is 52.9 Å². The number of nitrogens with zero attached hydrogens (tertiary/aromatic N) is 4. The summed E-state index contributed by atoms with van der Waals surface area (Å²) in [5.41, 5.74) is 4.05. The fourth-order valence-corrected chi connectivity index (χ4v) is 4.85. The zero-order valence-electron chi connectivity index (χ0n) is 22.1. The summed E-state index contributed by atoms with van der Waals surface area (Å²) in [5.74, 6) is 0.0356. The maximum absolute atomic E-state index is 13.0. The highest BCUT2D eigenvalue weighted by molar-refractivity contribution is 6.46. The molecule has 1 saturated carbocycles. The van der Waals surface area contributed by atoms with Crippen molar-refractivity contribution < 1.29 is 23.8 Å². The Morgan fingerprint density at radius 1 is 1.20 bits per heavy atom. The van der Waals surface area contributed by atoms with Crippen LogP contribution in [-0.2, 0) is 16.1 Å². The van der Waals surface area contributed by atoms with Crippen LogP contribution in [0.2, 0.25) is 0 Å². The van der Waals surface area contributed by atoms with Gasteiger partial charge in [-0.3, -0.25) is 20.2 Å². The first-order valence-electron chi connectivity index (χ1n) is 13.2. The monoisotopic (exact) mass is 546 g/mol. The minimum Gasteiger partial charge on any atom is -0.510 e. The maximum Gasteiger partial charge on any atom is 0.253 e. The van der Waals surface area contributed by atoms with Crippen LogP contribution in [0.15, 0.2) is 69.6 Å². The van der Waals surface area contributed by atoms with E-state index in [-0.39, 0.29) is 42.6 Å². The van der Waals surface area contributed by atoms with E-state index in [0.717, 1.165) is 16.8 Å². The average molecular weight is 547 g/mol. The topological polar surface area (TPSA) is 142 Å². The molecule has 0 saturated heterocycles. The standard InChI is InChI=1S/C29H31FN6O4/c1-39-16-22(37)13-25(31)27-17-8-9-32-29(24-5-3-2-4-23(24)26(10-17)35-36-27)40-15-20-7-6-18(14-33-20)28(38)34-21-11-19(30)12-21/h2-7,13-14,17,19,21,31,37H,8-12,15-16H2,1H3,(H,34,38)/b22-13-,31-25?,32-29+. The number of rotatable bonds is 8. The molecule has 0 radical (unpaired) electrons. The van der Waals surface area contributed by atoms with Crippen LogP contribution in [0.3, 0.4) is 0 Å². The number of benzene rings is 1. The zero-order chi connectivity index (χ0) is 28.1. The molecule has 1 aromatic carbocycles. The average Bonchev–Trinajstić information content (AvgIpc) is 2.99. The van der Waals surface area contributed by atoms with Gasteiger partial charge in [0.05, 0.1) is 28.4 Å². The Hall–Kier alpha value is -4.25.